The lowest BCUT2D eigenvalue weighted by Gasteiger charge is -2.16. The van der Waals surface area contributed by atoms with E-state index in [1.807, 2.05) is 97.1 Å². The van der Waals surface area contributed by atoms with Gasteiger partial charge in [0.15, 0.2) is 23.3 Å². The first kappa shape index (κ1) is 34.6. The summed E-state index contributed by atoms with van der Waals surface area (Å²) in [4.78, 5) is 25.6. The van der Waals surface area contributed by atoms with Gasteiger partial charge in [-0.2, -0.15) is 0 Å². The van der Waals surface area contributed by atoms with Crippen molar-refractivity contribution in [3.63, 3.8) is 0 Å². The number of fused-ring (bicyclic) bond motifs is 1. The molecule has 0 aliphatic carbocycles. The second-order valence-corrected chi connectivity index (χ2v) is 14.1. The lowest BCUT2D eigenvalue weighted by molar-refractivity contribution is 1.08. The molecular weight excluding hydrogens is 707 g/mol. The topological polar surface area (TPSA) is 64.5 Å². The molecule has 8 aromatic carbocycles. The number of hydrogen-bond donors (Lipinski definition) is 0. The Bertz CT molecular complexity index is 2930. The maximum Gasteiger partial charge on any atom is 0.165 e. The number of aromatic nitrogens is 5. The molecule has 0 spiro atoms. The minimum Gasteiger partial charge on any atom is -0.228 e. The Morgan fingerprint density at radius 3 is 1.31 bits per heavy atom. The quantitative estimate of drug-likeness (QED) is 0.155. The smallest absolute Gasteiger partial charge is 0.165 e. The average molecular weight is 742 g/mol. The first-order valence-electron chi connectivity index (χ1n) is 19.3. The van der Waals surface area contributed by atoms with Crippen LogP contribution < -0.4 is 0 Å². The highest BCUT2D eigenvalue weighted by Crippen LogP contribution is 2.41. The summed E-state index contributed by atoms with van der Waals surface area (Å²) in [6, 6.07) is 72.9. The zero-order valence-corrected chi connectivity index (χ0v) is 31.4. The van der Waals surface area contributed by atoms with E-state index < -0.39 is 0 Å². The number of hydrogen-bond acceptors (Lipinski definition) is 5. The van der Waals surface area contributed by atoms with Gasteiger partial charge < -0.3 is 0 Å². The SMILES string of the molecule is c1ccc(-c2cc(-c3ccccc3-c3cccc(-c4ccc5ccccc5c4-c4nc(-c5ccccc5)nc(-c5ccccc5)n4)c3)nc(-c3ccccc3)n2)cc1. The monoisotopic (exact) mass is 741 g/mol. The van der Waals surface area contributed by atoms with E-state index in [1.165, 1.54) is 0 Å². The van der Waals surface area contributed by atoms with Crippen molar-refractivity contribution in [2.45, 2.75) is 0 Å². The highest BCUT2D eigenvalue weighted by atomic mass is 15.0. The molecule has 2 aromatic heterocycles. The molecule has 58 heavy (non-hydrogen) atoms. The molecule has 0 radical (unpaired) electrons. The lowest BCUT2D eigenvalue weighted by Crippen LogP contribution is -2.01. The third-order valence-electron chi connectivity index (χ3n) is 10.4. The summed E-state index contributed by atoms with van der Waals surface area (Å²) >= 11 is 0. The fourth-order valence-corrected chi connectivity index (χ4v) is 7.54. The van der Waals surface area contributed by atoms with E-state index in [0.29, 0.717) is 23.3 Å². The molecule has 0 amide bonds. The lowest BCUT2D eigenvalue weighted by atomic mass is 9.90. The minimum absolute atomic E-state index is 0.619. The van der Waals surface area contributed by atoms with E-state index in [9.17, 15) is 0 Å². The first-order valence-corrected chi connectivity index (χ1v) is 19.3. The Morgan fingerprint density at radius 1 is 0.241 bits per heavy atom. The Balaban J connectivity index is 1.15. The van der Waals surface area contributed by atoms with Crippen LogP contribution in [0.15, 0.2) is 212 Å². The van der Waals surface area contributed by atoms with Crippen molar-refractivity contribution in [1.29, 1.82) is 0 Å². The standard InChI is InChI=1S/C53H35N5/c1-5-19-37(20-6-1)47-35-48(55-50(54-47)38-21-7-2-8-22-38)46-31-16-15-29-43(46)41-27-17-28-42(34-41)45-33-32-36-18-13-14-30-44(36)49(45)53-57-51(39-23-9-3-10-24-39)56-52(58-53)40-25-11-4-12-26-40/h1-35H. The highest BCUT2D eigenvalue weighted by molar-refractivity contribution is 6.03. The third kappa shape index (κ3) is 6.82. The van der Waals surface area contributed by atoms with Crippen LogP contribution in [0, 0.1) is 0 Å². The molecule has 272 valence electrons. The van der Waals surface area contributed by atoms with Crippen LogP contribution in [0.25, 0.3) is 101 Å². The number of benzene rings is 8. The van der Waals surface area contributed by atoms with Crippen molar-refractivity contribution in [3.8, 4) is 90.3 Å². The second-order valence-electron chi connectivity index (χ2n) is 14.1. The fourth-order valence-electron chi connectivity index (χ4n) is 7.54. The molecule has 0 fully saturated rings. The summed E-state index contributed by atoms with van der Waals surface area (Å²) in [5.41, 5.74) is 11.8. The van der Waals surface area contributed by atoms with Gasteiger partial charge in [-0.3, -0.25) is 0 Å². The van der Waals surface area contributed by atoms with Crippen LogP contribution in [0.4, 0.5) is 0 Å². The molecule has 0 bridgehead atoms. The van der Waals surface area contributed by atoms with Gasteiger partial charge in [0.05, 0.1) is 11.4 Å². The normalized spacial score (nSPS) is 11.1. The fraction of sp³-hybridized carbons (Fsp3) is 0. The molecule has 5 nitrogen and oxygen atoms in total. The zero-order chi connectivity index (χ0) is 38.7. The van der Waals surface area contributed by atoms with Crippen LogP contribution in [0.1, 0.15) is 0 Å². The Morgan fingerprint density at radius 2 is 0.690 bits per heavy atom. The Labute approximate surface area is 337 Å². The maximum atomic E-state index is 5.20. The molecule has 10 aromatic rings. The molecule has 0 atom stereocenters. The van der Waals surface area contributed by atoms with Gasteiger partial charge in [0.25, 0.3) is 0 Å². The van der Waals surface area contributed by atoms with E-state index in [4.69, 9.17) is 24.9 Å². The Hall–Kier alpha value is -7.89. The molecule has 0 unspecified atom stereocenters. The maximum absolute atomic E-state index is 5.20. The van der Waals surface area contributed by atoms with Gasteiger partial charge in [-0.25, -0.2) is 24.9 Å². The number of rotatable bonds is 8. The van der Waals surface area contributed by atoms with Crippen molar-refractivity contribution in [2.75, 3.05) is 0 Å². The number of nitrogens with zero attached hydrogens (tertiary/aromatic N) is 5. The van der Waals surface area contributed by atoms with Gasteiger partial charge in [0.1, 0.15) is 0 Å². The molecule has 0 saturated heterocycles. The summed E-state index contributed by atoms with van der Waals surface area (Å²) in [5.74, 6) is 2.55. The van der Waals surface area contributed by atoms with Crippen LogP contribution in [-0.4, -0.2) is 24.9 Å². The van der Waals surface area contributed by atoms with Crippen LogP contribution >= 0.6 is 0 Å². The van der Waals surface area contributed by atoms with Crippen LogP contribution in [-0.2, 0) is 0 Å². The molecule has 0 saturated carbocycles. The summed E-state index contributed by atoms with van der Waals surface area (Å²) in [5, 5.41) is 2.18. The molecule has 0 aliphatic heterocycles. The summed E-state index contributed by atoms with van der Waals surface area (Å²) in [6.45, 7) is 0. The third-order valence-corrected chi connectivity index (χ3v) is 10.4. The van der Waals surface area contributed by atoms with Gasteiger partial charge in [0, 0.05) is 33.4 Å². The van der Waals surface area contributed by atoms with E-state index in [-0.39, 0.29) is 0 Å². The Kier molecular flexibility index (Phi) is 9.14. The van der Waals surface area contributed by atoms with Crippen LogP contribution in [0.2, 0.25) is 0 Å². The van der Waals surface area contributed by atoms with Crippen LogP contribution in [0.5, 0.6) is 0 Å². The van der Waals surface area contributed by atoms with Crippen molar-refractivity contribution < 1.29 is 0 Å². The van der Waals surface area contributed by atoms with Crippen molar-refractivity contribution in [1.82, 2.24) is 24.9 Å². The van der Waals surface area contributed by atoms with Gasteiger partial charge in [-0.15, -0.1) is 0 Å². The van der Waals surface area contributed by atoms with Crippen molar-refractivity contribution in [2.24, 2.45) is 0 Å². The van der Waals surface area contributed by atoms with E-state index in [1.54, 1.807) is 0 Å². The molecule has 5 heteroatoms. The second kappa shape index (κ2) is 15.3. The molecular formula is C53H35N5. The molecule has 10 rings (SSSR count). The predicted octanol–water partition coefficient (Wildman–Crippen LogP) is 13.2. The van der Waals surface area contributed by atoms with Crippen molar-refractivity contribution in [3.05, 3.63) is 212 Å². The molecule has 0 aliphatic rings. The van der Waals surface area contributed by atoms with E-state index >= 15 is 0 Å². The van der Waals surface area contributed by atoms with Gasteiger partial charge >= 0.3 is 0 Å². The average Bonchev–Trinajstić information content (AvgIpc) is 3.32. The van der Waals surface area contributed by atoms with E-state index in [2.05, 4.69) is 115 Å². The van der Waals surface area contributed by atoms with Gasteiger partial charge in [-0.05, 0) is 45.2 Å². The van der Waals surface area contributed by atoms with E-state index in [0.717, 1.165) is 77.8 Å². The largest absolute Gasteiger partial charge is 0.228 e. The summed E-state index contributed by atoms with van der Waals surface area (Å²) < 4.78 is 0. The van der Waals surface area contributed by atoms with Crippen molar-refractivity contribution >= 4 is 10.8 Å². The van der Waals surface area contributed by atoms with Gasteiger partial charge in [0.2, 0.25) is 0 Å². The summed E-state index contributed by atoms with van der Waals surface area (Å²) in [7, 11) is 0. The zero-order valence-electron chi connectivity index (χ0n) is 31.4. The highest BCUT2D eigenvalue weighted by Gasteiger charge is 2.20. The van der Waals surface area contributed by atoms with Gasteiger partial charge in [-0.1, -0.05) is 200 Å². The predicted molar refractivity (Wildman–Crippen MR) is 236 cm³/mol. The van der Waals surface area contributed by atoms with Crippen LogP contribution in [0.3, 0.4) is 0 Å². The molecule has 0 N–H and O–H groups in total. The first-order chi connectivity index (χ1) is 28.7. The summed E-state index contributed by atoms with van der Waals surface area (Å²) in [6.07, 6.45) is 0. The minimum atomic E-state index is 0.619. The molecule has 2 heterocycles.